The summed E-state index contributed by atoms with van der Waals surface area (Å²) in [5.74, 6) is 0. The van der Waals surface area contributed by atoms with Crippen LogP contribution in [0.1, 0.15) is 80.7 Å². The number of anilines is 6. The molecule has 1 aliphatic carbocycles. The van der Waals surface area contributed by atoms with Crippen molar-refractivity contribution in [2.24, 2.45) is 0 Å². The summed E-state index contributed by atoms with van der Waals surface area (Å²) in [5, 5.41) is 3.70. The quantitative estimate of drug-likeness (QED) is 0.166. The van der Waals surface area contributed by atoms with Crippen LogP contribution in [-0.4, -0.2) is 6.71 Å². The van der Waals surface area contributed by atoms with Gasteiger partial charge in [-0.3, -0.25) is 0 Å². The maximum atomic E-state index is 6.53. The average molecular weight is 821 g/mol. The molecule has 2 aliphatic heterocycles. The van der Waals surface area contributed by atoms with E-state index in [9.17, 15) is 0 Å². The molecule has 4 heterocycles. The number of para-hydroxylation sites is 1. The molecule has 9 aromatic rings. The zero-order valence-corrected chi connectivity index (χ0v) is 37.4. The third-order valence-electron chi connectivity index (χ3n) is 13.7. The molecule has 0 fully saturated rings. The Bertz CT molecular complexity index is 3350. The first-order valence-corrected chi connectivity index (χ1v) is 23.0. The minimum atomic E-state index is -0.0199. The Morgan fingerprint density at radius 3 is 2.00 bits per heavy atom. The number of hydrogen-bond donors (Lipinski definition) is 0. The van der Waals surface area contributed by atoms with E-state index in [-0.39, 0.29) is 17.5 Å². The van der Waals surface area contributed by atoms with Crippen LogP contribution < -0.4 is 26.2 Å². The van der Waals surface area contributed by atoms with Crippen LogP contribution in [0.2, 0.25) is 0 Å². The second kappa shape index (κ2) is 13.4. The Balaban J connectivity index is 1.08. The van der Waals surface area contributed by atoms with Crippen molar-refractivity contribution >= 4 is 106 Å². The topological polar surface area (TPSA) is 19.6 Å². The third-order valence-corrected chi connectivity index (χ3v) is 14.9. The first-order chi connectivity index (χ1) is 29.9. The molecule has 5 heteroatoms. The summed E-state index contributed by atoms with van der Waals surface area (Å²) in [7, 11) is 0. The van der Waals surface area contributed by atoms with Crippen LogP contribution in [0.4, 0.5) is 34.1 Å². The Morgan fingerprint density at radius 1 is 0.565 bits per heavy atom. The van der Waals surface area contributed by atoms with Crippen molar-refractivity contribution in [3.8, 4) is 0 Å². The van der Waals surface area contributed by atoms with Crippen LogP contribution in [0.5, 0.6) is 0 Å². The number of furan rings is 1. The van der Waals surface area contributed by atoms with Crippen LogP contribution in [0.25, 0.3) is 37.6 Å². The lowest BCUT2D eigenvalue weighted by Crippen LogP contribution is -2.61. The van der Waals surface area contributed by atoms with Crippen molar-refractivity contribution in [2.45, 2.75) is 72.1 Å². The number of aryl methyl sites for hydroxylation is 2. The Kier molecular flexibility index (Phi) is 8.07. The van der Waals surface area contributed by atoms with E-state index >= 15 is 0 Å². The van der Waals surface area contributed by atoms with E-state index in [1.165, 1.54) is 93.2 Å². The summed E-state index contributed by atoms with van der Waals surface area (Å²) >= 11 is 1.94. The number of allylic oxidation sites excluding steroid dienone is 1. The lowest BCUT2D eigenvalue weighted by atomic mass is 9.33. The maximum absolute atomic E-state index is 6.53. The van der Waals surface area contributed by atoms with Crippen molar-refractivity contribution in [1.82, 2.24) is 0 Å². The molecule has 0 bridgehead atoms. The second-order valence-electron chi connectivity index (χ2n) is 19.8. The molecule has 0 amide bonds. The fourth-order valence-electron chi connectivity index (χ4n) is 10.5. The van der Waals surface area contributed by atoms with Crippen LogP contribution >= 0.6 is 11.3 Å². The SMILES string of the molecule is Cc1cc2c3c(c1)N(c1ccc(C4=CCCc5c4sc4ccccc54)cc1)c1cc(C(C)(C)C)ccc1B3c1cc(C(C)(C)C)ccc1N2c1ccc2c(c1)oc1ccccc12. The molecule has 0 unspecified atom stereocenters. The standard InChI is InChI=1S/C57H49BN2OS/c1-34-29-49-54-50(30-34)60(39-25-26-42-41-13-8-10-17-51(41)61-52(42)33-39)47-28-22-36(56(2,3)4)31-46(47)58(54)45-27-21-37(57(5,6)7)32-48(45)59(49)38-23-19-35(20-24-38)40-15-12-16-44-43-14-9-11-18-53(43)62-55(40)44/h8-11,13-15,17-33H,12,16H2,1-7H3. The molecule has 2 aromatic heterocycles. The van der Waals surface area contributed by atoms with Gasteiger partial charge < -0.3 is 14.2 Å². The van der Waals surface area contributed by atoms with Gasteiger partial charge in [0, 0.05) is 60.5 Å². The summed E-state index contributed by atoms with van der Waals surface area (Å²) in [5.41, 5.74) is 21.0. The first-order valence-electron chi connectivity index (χ1n) is 22.2. The van der Waals surface area contributed by atoms with E-state index < -0.39 is 0 Å². The van der Waals surface area contributed by atoms with Gasteiger partial charge in [-0.2, -0.15) is 0 Å². The van der Waals surface area contributed by atoms with Crippen LogP contribution in [0.3, 0.4) is 0 Å². The normalized spacial score (nSPS) is 14.6. The maximum Gasteiger partial charge on any atom is 0.252 e. The summed E-state index contributed by atoms with van der Waals surface area (Å²) in [6, 6.07) is 52.9. The highest BCUT2D eigenvalue weighted by Gasteiger charge is 2.44. The molecular formula is C57H49BN2OS. The van der Waals surface area contributed by atoms with Crippen molar-refractivity contribution in [3.05, 3.63) is 178 Å². The number of hydrogen-bond acceptors (Lipinski definition) is 4. The van der Waals surface area contributed by atoms with Gasteiger partial charge in [-0.1, -0.05) is 120 Å². The van der Waals surface area contributed by atoms with E-state index in [0.717, 1.165) is 40.5 Å². The van der Waals surface area contributed by atoms with Gasteiger partial charge >= 0.3 is 0 Å². The molecule has 7 aromatic carbocycles. The molecule has 0 saturated carbocycles. The molecule has 3 aliphatic rings. The first kappa shape index (κ1) is 37.5. The highest BCUT2D eigenvalue weighted by molar-refractivity contribution is 7.20. The monoisotopic (exact) mass is 820 g/mol. The Labute approximate surface area is 369 Å². The summed E-state index contributed by atoms with van der Waals surface area (Å²) < 4.78 is 7.91. The number of thiophene rings is 1. The summed E-state index contributed by atoms with van der Waals surface area (Å²) in [6.07, 6.45) is 4.63. The molecule has 62 heavy (non-hydrogen) atoms. The number of nitrogens with zero attached hydrogens (tertiary/aromatic N) is 2. The van der Waals surface area contributed by atoms with Crippen molar-refractivity contribution in [2.75, 3.05) is 9.80 Å². The van der Waals surface area contributed by atoms with Gasteiger partial charge in [-0.05, 0) is 146 Å². The predicted molar refractivity (Wildman–Crippen MR) is 267 cm³/mol. The zero-order chi connectivity index (χ0) is 42.2. The van der Waals surface area contributed by atoms with E-state index in [0.29, 0.717) is 0 Å². The van der Waals surface area contributed by atoms with Gasteiger partial charge in [-0.15, -0.1) is 11.3 Å². The van der Waals surface area contributed by atoms with Crippen molar-refractivity contribution in [3.63, 3.8) is 0 Å². The van der Waals surface area contributed by atoms with Crippen LogP contribution in [-0.2, 0) is 17.3 Å². The largest absolute Gasteiger partial charge is 0.456 e. The summed E-state index contributed by atoms with van der Waals surface area (Å²) in [4.78, 5) is 6.49. The van der Waals surface area contributed by atoms with Gasteiger partial charge in [0.1, 0.15) is 11.2 Å². The number of fused-ring (bicyclic) bond motifs is 10. The Hall–Kier alpha value is -6.30. The van der Waals surface area contributed by atoms with Gasteiger partial charge in [0.05, 0.1) is 0 Å². The molecule has 3 nitrogen and oxygen atoms in total. The van der Waals surface area contributed by atoms with E-state index in [1.807, 2.05) is 11.3 Å². The molecule has 12 rings (SSSR count). The summed E-state index contributed by atoms with van der Waals surface area (Å²) in [6.45, 7) is 16.3. The Morgan fingerprint density at radius 2 is 1.23 bits per heavy atom. The number of benzene rings is 7. The van der Waals surface area contributed by atoms with Gasteiger partial charge in [0.25, 0.3) is 6.71 Å². The van der Waals surface area contributed by atoms with Crippen molar-refractivity contribution in [1.29, 1.82) is 0 Å². The molecule has 0 spiro atoms. The van der Waals surface area contributed by atoms with Gasteiger partial charge in [0.2, 0.25) is 0 Å². The van der Waals surface area contributed by atoms with Crippen LogP contribution in [0.15, 0.2) is 150 Å². The van der Waals surface area contributed by atoms with Crippen molar-refractivity contribution < 1.29 is 4.42 Å². The molecule has 0 N–H and O–H groups in total. The molecule has 302 valence electrons. The highest BCUT2D eigenvalue weighted by atomic mass is 32.1. The third kappa shape index (κ3) is 5.64. The zero-order valence-electron chi connectivity index (χ0n) is 36.6. The minimum absolute atomic E-state index is 0.0187. The average Bonchev–Trinajstić information content (AvgIpc) is 3.83. The smallest absolute Gasteiger partial charge is 0.252 e. The molecule has 0 radical (unpaired) electrons. The van der Waals surface area contributed by atoms with Gasteiger partial charge in [-0.25, -0.2) is 0 Å². The lowest BCUT2D eigenvalue weighted by molar-refractivity contribution is 0.590. The predicted octanol–water partition coefficient (Wildman–Crippen LogP) is 14.2. The molecule has 0 atom stereocenters. The minimum Gasteiger partial charge on any atom is -0.456 e. The second-order valence-corrected chi connectivity index (χ2v) is 20.8. The highest BCUT2D eigenvalue weighted by Crippen LogP contribution is 2.48. The molecule has 0 saturated heterocycles. The lowest BCUT2D eigenvalue weighted by Gasteiger charge is -2.45. The molecular weight excluding hydrogens is 772 g/mol. The van der Waals surface area contributed by atoms with E-state index in [2.05, 4.69) is 204 Å². The van der Waals surface area contributed by atoms with E-state index in [1.54, 1.807) is 0 Å². The fourth-order valence-corrected chi connectivity index (χ4v) is 11.8. The number of rotatable bonds is 3. The van der Waals surface area contributed by atoms with E-state index in [4.69, 9.17) is 4.42 Å². The van der Waals surface area contributed by atoms with Gasteiger partial charge in [0.15, 0.2) is 0 Å². The van der Waals surface area contributed by atoms with Crippen LogP contribution in [0, 0.1) is 6.92 Å². The fraction of sp³-hybridized carbons (Fsp3) is 0.193.